The normalized spacial score (nSPS) is 15.2. The Labute approximate surface area is 170 Å². The molecule has 0 radical (unpaired) electrons. The minimum Gasteiger partial charge on any atom is -0.477 e. The number of nitrogens with one attached hydrogen (secondary N) is 1. The maximum absolute atomic E-state index is 15.4. The molecule has 0 aliphatic carbocycles. The molecule has 0 saturated carbocycles. The first kappa shape index (κ1) is 20.2. The minimum atomic E-state index is -1.37. The maximum atomic E-state index is 15.4. The molecule has 9 heteroatoms. The van der Waals surface area contributed by atoms with Gasteiger partial charge in [0.2, 0.25) is 5.43 Å². The number of fused-ring (bicyclic) bond motifs is 2. The highest BCUT2D eigenvalue weighted by Crippen LogP contribution is 2.32. The van der Waals surface area contributed by atoms with Gasteiger partial charge in [-0.05, 0) is 32.9 Å². The van der Waals surface area contributed by atoms with E-state index in [4.69, 9.17) is 0 Å². The summed E-state index contributed by atoms with van der Waals surface area (Å²) < 4.78 is 31.8. The SMILES string of the molecule is CC(C)(C)n1cc(C(=O)O)c(=O)c2cc3cc(F)c(N4CCNCC4)c(F)c3nc21. The van der Waals surface area contributed by atoms with Crippen molar-refractivity contribution in [2.24, 2.45) is 0 Å². The molecule has 0 spiro atoms. The van der Waals surface area contributed by atoms with Crippen LogP contribution in [0.15, 0.2) is 23.1 Å². The quantitative estimate of drug-likeness (QED) is 0.625. The van der Waals surface area contributed by atoms with Crippen molar-refractivity contribution in [3.63, 3.8) is 0 Å². The van der Waals surface area contributed by atoms with E-state index in [0.29, 0.717) is 26.2 Å². The third-order valence-corrected chi connectivity index (χ3v) is 5.32. The summed E-state index contributed by atoms with van der Waals surface area (Å²) in [4.78, 5) is 30.3. The van der Waals surface area contributed by atoms with Crippen molar-refractivity contribution in [3.05, 3.63) is 45.8 Å². The molecule has 158 valence electrons. The van der Waals surface area contributed by atoms with E-state index in [2.05, 4.69) is 10.3 Å². The van der Waals surface area contributed by atoms with Crippen molar-refractivity contribution in [2.75, 3.05) is 31.1 Å². The Balaban J connectivity index is 2.09. The van der Waals surface area contributed by atoms with Crippen molar-refractivity contribution in [2.45, 2.75) is 26.3 Å². The molecule has 0 bridgehead atoms. The topological polar surface area (TPSA) is 87.5 Å². The smallest absolute Gasteiger partial charge is 0.341 e. The monoisotopic (exact) mass is 416 g/mol. The van der Waals surface area contributed by atoms with E-state index in [9.17, 15) is 19.1 Å². The largest absolute Gasteiger partial charge is 0.477 e. The highest BCUT2D eigenvalue weighted by atomic mass is 19.1. The van der Waals surface area contributed by atoms with Gasteiger partial charge < -0.3 is 19.9 Å². The van der Waals surface area contributed by atoms with Crippen LogP contribution in [0.25, 0.3) is 21.9 Å². The predicted octanol–water partition coefficient (Wildman–Crippen LogP) is 2.69. The summed E-state index contributed by atoms with van der Waals surface area (Å²) in [7, 11) is 0. The second-order valence-corrected chi connectivity index (χ2v) is 8.41. The van der Waals surface area contributed by atoms with E-state index in [1.165, 1.54) is 12.3 Å². The number of rotatable bonds is 2. The highest BCUT2D eigenvalue weighted by molar-refractivity contribution is 5.97. The number of hydrogen-bond donors (Lipinski definition) is 2. The lowest BCUT2D eigenvalue weighted by Gasteiger charge is -2.30. The molecule has 30 heavy (non-hydrogen) atoms. The van der Waals surface area contributed by atoms with E-state index in [1.807, 2.05) is 20.8 Å². The van der Waals surface area contributed by atoms with Gasteiger partial charge in [0.05, 0.1) is 5.39 Å². The van der Waals surface area contributed by atoms with E-state index in [-0.39, 0.29) is 27.6 Å². The maximum Gasteiger partial charge on any atom is 0.341 e. The zero-order valence-electron chi connectivity index (χ0n) is 16.9. The zero-order valence-corrected chi connectivity index (χ0v) is 16.9. The molecule has 7 nitrogen and oxygen atoms in total. The molecule has 1 fully saturated rings. The van der Waals surface area contributed by atoms with Crippen LogP contribution < -0.4 is 15.6 Å². The predicted molar refractivity (Wildman–Crippen MR) is 110 cm³/mol. The number of aromatic nitrogens is 2. The third kappa shape index (κ3) is 3.19. The molecule has 0 atom stereocenters. The fourth-order valence-corrected chi connectivity index (χ4v) is 3.81. The van der Waals surface area contributed by atoms with Crippen molar-refractivity contribution in [1.82, 2.24) is 14.9 Å². The number of nitrogens with zero attached hydrogens (tertiary/aromatic N) is 3. The Bertz CT molecular complexity index is 1240. The van der Waals surface area contributed by atoms with Crippen LogP contribution in [0.4, 0.5) is 14.5 Å². The molecule has 1 aromatic carbocycles. The van der Waals surface area contributed by atoms with E-state index >= 15 is 4.39 Å². The summed E-state index contributed by atoms with van der Waals surface area (Å²) in [6.07, 6.45) is 1.23. The Morgan fingerprint density at radius 1 is 1.20 bits per heavy atom. The molecule has 0 amide bonds. The fourth-order valence-electron chi connectivity index (χ4n) is 3.81. The molecule has 2 N–H and O–H groups in total. The lowest BCUT2D eigenvalue weighted by atomic mass is 10.0. The van der Waals surface area contributed by atoms with Crippen LogP contribution in [0.5, 0.6) is 0 Å². The molecule has 1 saturated heterocycles. The number of carboxylic acid groups (broad SMARTS) is 1. The molecule has 1 aliphatic rings. The average Bonchev–Trinajstić information content (AvgIpc) is 2.67. The first-order chi connectivity index (χ1) is 14.1. The van der Waals surface area contributed by atoms with Gasteiger partial charge in [-0.2, -0.15) is 0 Å². The summed E-state index contributed by atoms with van der Waals surface area (Å²) in [5.74, 6) is -2.90. The van der Waals surface area contributed by atoms with Crippen molar-refractivity contribution in [1.29, 1.82) is 0 Å². The first-order valence-corrected chi connectivity index (χ1v) is 9.67. The molecule has 0 unspecified atom stereocenters. The van der Waals surface area contributed by atoms with Gasteiger partial charge in [-0.1, -0.05) is 0 Å². The minimum absolute atomic E-state index is 0.00560. The molecule has 3 heterocycles. The first-order valence-electron chi connectivity index (χ1n) is 9.67. The number of piperazine rings is 1. The molecular weight excluding hydrogens is 394 g/mol. The summed E-state index contributed by atoms with van der Waals surface area (Å²) >= 11 is 0. The molecule has 4 rings (SSSR count). The Kier molecular flexibility index (Phi) is 4.73. The lowest BCUT2D eigenvalue weighted by molar-refractivity contribution is 0.0694. The van der Waals surface area contributed by atoms with Crippen LogP contribution in [0.2, 0.25) is 0 Å². The molecular formula is C21H22F2N4O3. The van der Waals surface area contributed by atoms with Crippen molar-refractivity contribution < 1.29 is 18.7 Å². The number of carbonyl (C=O) groups is 1. The van der Waals surface area contributed by atoms with Crippen LogP contribution >= 0.6 is 0 Å². The number of anilines is 1. The molecule has 2 aromatic heterocycles. The number of benzene rings is 1. The zero-order chi connectivity index (χ0) is 21.8. The summed E-state index contributed by atoms with van der Waals surface area (Å²) in [6, 6.07) is 2.47. The third-order valence-electron chi connectivity index (χ3n) is 5.32. The van der Waals surface area contributed by atoms with Crippen molar-refractivity contribution in [3.8, 4) is 0 Å². The Morgan fingerprint density at radius 3 is 2.47 bits per heavy atom. The van der Waals surface area contributed by atoms with Gasteiger partial charge in [0, 0.05) is 43.3 Å². The van der Waals surface area contributed by atoms with Crippen LogP contribution in [-0.2, 0) is 5.54 Å². The Hall–Kier alpha value is -3.07. The summed E-state index contributed by atoms with van der Waals surface area (Å²) in [5, 5.41) is 12.7. The standard InChI is InChI=1S/C21H22F2N4O3/c1-21(2,3)27-10-13(20(29)30)18(28)12-8-11-9-14(22)17(26-6-4-24-5-7-26)15(23)16(11)25-19(12)27/h8-10,24H,4-7H2,1-3H3,(H,29,30). The van der Waals surface area contributed by atoms with Crippen LogP contribution in [0, 0.1) is 11.6 Å². The van der Waals surface area contributed by atoms with E-state index in [0.717, 1.165) is 6.07 Å². The summed E-state index contributed by atoms with van der Waals surface area (Å²) in [6.45, 7) is 7.61. The number of aromatic carboxylic acids is 1. The van der Waals surface area contributed by atoms with Gasteiger partial charge in [-0.3, -0.25) is 4.79 Å². The van der Waals surface area contributed by atoms with Crippen LogP contribution in [0.3, 0.4) is 0 Å². The lowest BCUT2D eigenvalue weighted by Crippen LogP contribution is -2.44. The fraction of sp³-hybridized carbons (Fsp3) is 0.381. The second-order valence-electron chi connectivity index (χ2n) is 8.41. The second kappa shape index (κ2) is 7.02. The van der Waals surface area contributed by atoms with E-state index < -0.39 is 34.1 Å². The number of halogens is 2. The molecule has 1 aliphatic heterocycles. The number of pyridine rings is 2. The van der Waals surface area contributed by atoms with Gasteiger partial charge in [-0.25, -0.2) is 18.6 Å². The number of carboxylic acids is 1. The highest BCUT2D eigenvalue weighted by Gasteiger charge is 2.26. The van der Waals surface area contributed by atoms with Gasteiger partial charge in [0.1, 0.15) is 28.2 Å². The van der Waals surface area contributed by atoms with Crippen molar-refractivity contribution >= 4 is 33.6 Å². The van der Waals surface area contributed by atoms with Gasteiger partial charge in [-0.15, -0.1) is 0 Å². The van der Waals surface area contributed by atoms with Crippen LogP contribution in [0.1, 0.15) is 31.1 Å². The van der Waals surface area contributed by atoms with E-state index in [1.54, 1.807) is 9.47 Å². The summed E-state index contributed by atoms with van der Waals surface area (Å²) in [5.41, 5.74) is -1.83. The molecule has 3 aromatic rings. The van der Waals surface area contributed by atoms with Gasteiger partial charge in [0.25, 0.3) is 0 Å². The Morgan fingerprint density at radius 2 is 1.87 bits per heavy atom. The van der Waals surface area contributed by atoms with Gasteiger partial charge >= 0.3 is 5.97 Å². The van der Waals surface area contributed by atoms with Gasteiger partial charge in [0.15, 0.2) is 5.82 Å². The average molecular weight is 416 g/mol. The number of hydrogen-bond acceptors (Lipinski definition) is 5. The van der Waals surface area contributed by atoms with Crippen LogP contribution in [-0.4, -0.2) is 46.8 Å².